The van der Waals surface area contributed by atoms with E-state index in [1.54, 1.807) is 18.2 Å². The molecule has 1 aliphatic rings. The van der Waals surface area contributed by atoms with Gasteiger partial charge in [-0.3, -0.25) is 14.5 Å². The molecular formula is C21H16BrNO4S. The van der Waals surface area contributed by atoms with Gasteiger partial charge in [0.1, 0.15) is 6.61 Å². The van der Waals surface area contributed by atoms with Gasteiger partial charge in [-0.15, -0.1) is 6.42 Å². The summed E-state index contributed by atoms with van der Waals surface area (Å²) in [6.07, 6.45) is 6.91. The Labute approximate surface area is 175 Å². The van der Waals surface area contributed by atoms with Crippen LogP contribution >= 0.6 is 27.7 Å². The van der Waals surface area contributed by atoms with E-state index in [9.17, 15) is 9.59 Å². The SMILES string of the molecule is C#CCOc1c(C=C2SC(=O)N(Cc3ccccc3)C2=O)cc(Br)cc1OC. The Bertz CT molecular complexity index is 982. The summed E-state index contributed by atoms with van der Waals surface area (Å²) in [5.41, 5.74) is 1.47. The van der Waals surface area contributed by atoms with Gasteiger partial charge in [0, 0.05) is 10.0 Å². The fourth-order valence-electron chi connectivity index (χ4n) is 2.66. The number of hydrogen-bond acceptors (Lipinski definition) is 5. The third-order valence-electron chi connectivity index (χ3n) is 3.91. The summed E-state index contributed by atoms with van der Waals surface area (Å²) in [6.45, 7) is 0.277. The van der Waals surface area contributed by atoms with Crippen LogP contribution in [0.2, 0.25) is 0 Å². The summed E-state index contributed by atoms with van der Waals surface area (Å²) in [5, 5.41) is -0.312. The normalized spacial score (nSPS) is 15.0. The molecule has 5 nitrogen and oxygen atoms in total. The van der Waals surface area contributed by atoms with E-state index in [-0.39, 0.29) is 24.3 Å². The lowest BCUT2D eigenvalue weighted by molar-refractivity contribution is -0.123. The van der Waals surface area contributed by atoms with Crippen molar-refractivity contribution in [2.75, 3.05) is 13.7 Å². The molecule has 1 heterocycles. The van der Waals surface area contributed by atoms with Gasteiger partial charge < -0.3 is 9.47 Å². The van der Waals surface area contributed by atoms with Crippen molar-refractivity contribution in [3.8, 4) is 23.8 Å². The second kappa shape index (κ2) is 9.00. The number of amides is 2. The van der Waals surface area contributed by atoms with Crippen LogP contribution in [0.1, 0.15) is 11.1 Å². The highest BCUT2D eigenvalue weighted by Gasteiger charge is 2.35. The average molecular weight is 458 g/mol. The monoisotopic (exact) mass is 457 g/mol. The van der Waals surface area contributed by atoms with Gasteiger partial charge in [0.2, 0.25) is 0 Å². The number of carbonyl (C=O) groups is 2. The minimum Gasteiger partial charge on any atom is -0.493 e. The molecular weight excluding hydrogens is 442 g/mol. The highest BCUT2D eigenvalue weighted by molar-refractivity contribution is 9.10. The first kappa shape index (κ1) is 20.1. The Morgan fingerprint density at radius 2 is 2.00 bits per heavy atom. The Morgan fingerprint density at radius 3 is 2.68 bits per heavy atom. The summed E-state index contributed by atoms with van der Waals surface area (Å²) in [7, 11) is 1.52. The first-order chi connectivity index (χ1) is 13.5. The van der Waals surface area contributed by atoms with Crippen LogP contribution in [-0.4, -0.2) is 29.8 Å². The number of carbonyl (C=O) groups excluding carboxylic acids is 2. The van der Waals surface area contributed by atoms with Crippen molar-refractivity contribution in [3.05, 3.63) is 63.0 Å². The number of ether oxygens (including phenoxy) is 2. The van der Waals surface area contributed by atoms with Crippen LogP contribution in [-0.2, 0) is 11.3 Å². The van der Waals surface area contributed by atoms with Crippen LogP contribution in [0, 0.1) is 12.3 Å². The number of hydrogen-bond donors (Lipinski definition) is 0. The number of rotatable bonds is 6. The number of terminal acetylenes is 1. The fourth-order valence-corrected chi connectivity index (χ4v) is 3.94. The second-order valence-electron chi connectivity index (χ2n) is 5.77. The Hall–Kier alpha value is -2.69. The van der Waals surface area contributed by atoms with E-state index in [0.717, 1.165) is 21.8 Å². The summed E-state index contributed by atoms with van der Waals surface area (Å²) in [6, 6.07) is 12.9. The standard InChI is InChI=1S/C21H16BrNO4S/c1-3-9-27-19-15(10-16(22)12-17(19)26-2)11-18-20(24)23(21(25)28-18)13-14-7-5-4-6-8-14/h1,4-8,10-12H,9,13H2,2H3. The van der Waals surface area contributed by atoms with Gasteiger partial charge in [-0.25, -0.2) is 0 Å². The van der Waals surface area contributed by atoms with Crippen molar-refractivity contribution in [2.24, 2.45) is 0 Å². The molecule has 3 rings (SSSR count). The number of methoxy groups -OCH3 is 1. The topological polar surface area (TPSA) is 55.8 Å². The van der Waals surface area contributed by atoms with E-state index in [1.807, 2.05) is 30.3 Å². The molecule has 142 valence electrons. The van der Waals surface area contributed by atoms with Crippen LogP contribution < -0.4 is 9.47 Å². The zero-order valence-electron chi connectivity index (χ0n) is 15.0. The molecule has 0 radical (unpaired) electrons. The highest BCUT2D eigenvalue weighted by atomic mass is 79.9. The molecule has 2 aromatic rings. The molecule has 0 spiro atoms. The first-order valence-electron chi connectivity index (χ1n) is 8.26. The van der Waals surface area contributed by atoms with E-state index in [4.69, 9.17) is 15.9 Å². The molecule has 1 fully saturated rings. The lowest BCUT2D eigenvalue weighted by Crippen LogP contribution is -2.27. The van der Waals surface area contributed by atoms with Crippen LogP contribution in [0.5, 0.6) is 11.5 Å². The molecule has 0 N–H and O–H groups in total. The summed E-state index contributed by atoms with van der Waals surface area (Å²) >= 11 is 4.31. The number of thioether (sulfide) groups is 1. The smallest absolute Gasteiger partial charge is 0.293 e. The molecule has 0 aliphatic carbocycles. The molecule has 0 atom stereocenters. The van der Waals surface area contributed by atoms with E-state index < -0.39 is 0 Å². The van der Waals surface area contributed by atoms with E-state index >= 15 is 0 Å². The van der Waals surface area contributed by atoms with Gasteiger partial charge >= 0.3 is 0 Å². The maximum absolute atomic E-state index is 12.8. The molecule has 0 bridgehead atoms. The quantitative estimate of drug-likeness (QED) is 0.464. The number of imide groups is 1. The number of halogens is 1. The summed E-state index contributed by atoms with van der Waals surface area (Å²) < 4.78 is 11.7. The van der Waals surface area contributed by atoms with Crippen LogP contribution in [0.3, 0.4) is 0 Å². The molecule has 2 aromatic carbocycles. The van der Waals surface area contributed by atoms with E-state index in [0.29, 0.717) is 22.0 Å². The minimum absolute atomic E-state index is 0.0499. The van der Waals surface area contributed by atoms with Crippen molar-refractivity contribution < 1.29 is 19.1 Å². The highest BCUT2D eigenvalue weighted by Crippen LogP contribution is 2.39. The molecule has 0 saturated carbocycles. The van der Waals surface area contributed by atoms with Crippen molar-refractivity contribution >= 4 is 44.9 Å². The molecule has 28 heavy (non-hydrogen) atoms. The molecule has 1 saturated heterocycles. The first-order valence-corrected chi connectivity index (χ1v) is 9.87. The van der Waals surface area contributed by atoms with Gasteiger partial charge in [-0.1, -0.05) is 52.2 Å². The Balaban J connectivity index is 1.93. The summed E-state index contributed by atoms with van der Waals surface area (Å²) in [5.74, 6) is 2.95. The van der Waals surface area contributed by atoms with Crippen molar-refractivity contribution in [1.82, 2.24) is 4.90 Å². The molecule has 0 unspecified atom stereocenters. The fraction of sp³-hybridized carbons (Fsp3) is 0.143. The van der Waals surface area contributed by atoms with Crippen LogP contribution in [0.4, 0.5) is 4.79 Å². The van der Waals surface area contributed by atoms with E-state index in [1.165, 1.54) is 12.0 Å². The third-order valence-corrected chi connectivity index (χ3v) is 5.28. The Morgan fingerprint density at radius 1 is 1.25 bits per heavy atom. The minimum atomic E-state index is -0.347. The predicted molar refractivity (Wildman–Crippen MR) is 113 cm³/mol. The summed E-state index contributed by atoms with van der Waals surface area (Å²) in [4.78, 5) is 26.7. The molecule has 0 aromatic heterocycles. The molecule has 2 amide bonds. The lowest BCUT2D eigenvalue weighted by Gasteiger charge is -2.13. The van der Waals surface area contributed by atoms with Crippen LogP contribution in [0.25, 0.3) is 6.08 Å². The second-order valence-corrected chi connectivity index (χ2v) is 7.68. The largest absolute Gasteiger partial charge is 0.493 e. The van der Waals surface area contributed by atoms with Crippen molar-refractivity contribution in [2.45, 2.75) is 6.54 Å². The Kier molecular flexibility index (Phi) is 6.45. The van der Waals surface area contributed by atoms with Gasteiger partial charge in [0.25, 0.3) is 11.1 Å². The predicted octanol–water partition coefficient (Wildman–Crippen LogP) is 4.71. The van der Waals surface area contributed by atoms with Crippen molar-refractivity contribution in [1.29, 1.82) is 0 Å². The molecule has 1 aliphatic heterocycles. The maximum atomic E-state index is 12.8. The zero-order chi connectivity index (χ0) is 20.1. The molecule has 7 heteroatoms. The van der Waals surface area contributed by atoms with Gasteiger partial charge in [-0.2, -0.15) is 0 Å². The van der Waals surface area contributed by atoms with Gasteiger partial charge in [-0.05, 0) is 35.5 Å². The average Bonchev–Trinajstić information content (AvgIpc) is 2.95. The number of nitrogens with zero attached hydrogens (tertiary/aromatic N) is 1. The van der Waals surface area contributed by atoms with Gasteiger partial charge in [0.15, 0.2) is 11.5 Å². The third kappa shape index (κ3) is 4.41. The number of benzene rings is 2. The lowest BCUT2D eigenvalue weighted by atomic mass is 10.1. The van der Waals surface area contributed by atoms with E-state index in [2.05, 4.69) is 21.9 Å². The zero-order valence-corrected chi connectivity index (χ0v) is 17.4. The maximum Gasteiger partial charge on any atom is 0.293 e. The van der Waals surface area contributed by atoms with Gasteiger partial charge in [0.05, 0.1) is 18.6 Å². The van der Waals surface area contributed by atoms with Crippen LogP contribution in [0.15, 0.2) is 51.8 Å². The van der Waals surface area contributed by atoms with Crippen molar-refractivity contribution in [3.63, 3.8) is 0 Å².